The molecule has 1 atom stereocenters. The molecule has 1 saturated heterocycles. The summed E-state index contributed by atoms with van der Waals surface area (Å²) in [7, 11) is 1.65. The van der Waals surface area contributed by atoms with Crippen molar-refractivity contribution in [2.24, 2.45) is 0 Å². The second kappa shape index (κ2) is 6.55. The van der Waals surface area contributed by atoms with E-state index in [0.717, 1.165) is 5.56 Å². The van der Waals surface area contributed by atoms with Gasteiger partial charge in [-0.15, -0.1) is 0 Å². The minimum atomic E-state index is -1.63. The number of amides is 1. The Balaban J connectivity index is 1.70. The molecule has 1 amide bonds. The number of nitrogens with two attached hydrogens (primary N) is 1. The number of hydrogen-bond acceptors (Lipinski definition) is 7. The van der Waals surface area contributed by atoms with Gasteiger partial charge in [-0.2, -0.15) is 0 Å². The monoisotopic (exact) mass is 374 g/mol. The summed E-state index contributed by atoms with van der Waals surface area (Å²) in [5.41, 5.74) is 6.77. The number of carbonyl (C=O) groups is 1. The first kappa shape index (κ1) is 17.8. The Labute approximate surface area is 161 Å². The number of carbonyl (C=O) groups excluding carboxylic acids is 1. The number of nitrogen functional groups attached to an aromatic ring is 1. The molecule has 4 rings (SSSR count). The van der Waals surface area contributed by atoms with Crippen molar-refractivity contribution in [1.82, 2.24) is 24.8 Å². The number of aliphatic hydroxyl groups is 1. The van der Waals surface area contributed by atoms with Gasteiger partial charge >= 0.3 is 0 Å². The van der Waals surface area contributed by atoms with Crippen LogP contribution in [0.3, 0.4) is 0 Å². The predicted molar refractivity (Wildman–Crippen MR) is 104 cm³/mol. The van der Waals surface area contributed by atoms with E-state index in [1.807, 2.05) is 12.1 Å². The van der Waals surface area contributed by atoms with Gasteiger partial charge in [0, 0.05) is 31.1 Å². The van der Waals surface area contributed by atoms with Crippen molar-refractivity contribution in [3.8, 4) is 23.2 Å². The van der Waals surface area contributed by atoms with Crippen LogP contribution in [0.1, 0.15) is 17.8 Å². The number of fused-ring (bicyclic) bond motifs is 1. The standard InChI is InChI=1S/C20H18N6O2/c1-12-23-15-11-22-18(25-16(15)17(21)24-12)14-5-3-4-13(10-14)6-7-20(28)8-9-26(2)19(20)27/h3-5,10-11,28H,8-9H2,1-2H3,(H2,21,23,24). The van der Waals surface area contributed by atoms with Crippen molar-refractivity contribution in [2.45, 2.75) is 18.9 Å². The van der Waals surface area contributed by atoms with Crippen molar-refractivity contribution in [1.29, 1.82) is 0 Å². The number of rotatable bonds is 1. The van der Waals surface area contributed by atoms with Crippen molar-refractivity contribution < 1.29 is 9.90 Å². The minimum Gasteiger partial charge on any atom is -0.382 e. The molecule has 1 aliphatic rings. The van der Waals surface area contributed by atoms with Crippen LogP contribution < -0.4 is 5.73 Å². The third-order valence-electron chi connectivity index (χ3n) is 4.62. The highest BCUT2D eigenvalue weighted by Gasteiger charge is 2.42. The van der Waals surface area contributed by atoms with Gasteiger partial charge in [-0.25, -0.2) is 19.9 Å². The molecule has 1 aromatic carbocycles. The quantitative estimate of drug-likeness (QED) is 0.608. The summed E-state index contributed by atoms with van der Waals surface area (Å²) in [6.45, 7) is 2.24. The molecular weight excluding hydrogens is 356 g/mol. The van der Waals surface area contributed by atoms with Crippen LogP contribution in [0.2, 0.25) is 0 Å². The first-order valence-corrected chi connectivity index (χ1v) is 8.74. The fourth-order valence-corrected chi connectivity index (χ4v) is 3.09. The molecule has 0 aliphatic carbocycles. The molecule has 1 unspecified atom stereocenters. The Bertz CT molecular complexity index is 1170. The van der Waals surface area contributed by atoms with Gasteiger partial charge < -0.3 is 15.7 Å². The normalized spacial score (nSPS) is 19.0. The summed E-state index contributed by atoms with van der Waals surface area (Å²) in [5.74, 6) is 6.55. The zero-order valence-electron chi connectivity index (χ0n) is 15.5. The summed E-state index contributed by atoms with van der Waals surface area (Å²) in [6.07, 6.45) is 1.90. The minimum absolute atomic E-state index is 0.293. The highest BCUT2D eigenvalue weighted by Crippen LogP contribution is 2.23. The molecule has 8 heteroatoms. The predicted octanol–water partition coefficient (Wildman–Crippen LogP) is 0.922. The third kappa shape index (κ3) is 3.12. The molecule has 3 N–H and O–H groups in total. The molecule has 2 aromatic heterocycles. The number of anilines is 1. The van der Waals surface area contributed by atoms with E-state index < -0.39 is 5.60 Å². The zero-order chi connectivity index (χ0) is 19.9. The smallest absolute Gasteiger partial charge is 0.267 e. The molecule has 0 bridgehead atoms. The maximum atomic E-state index is 12.0. The van der Waals surface area contributed by atoms with Gasteiger partial charge in [0.15, 0.2) is 11.6 Å². The average molecular weight is 374 g/mol. The topological polar surface area (TPSA) is 118 Å². The van der Waals surface area contributed by atoms with Gasteiger partial charge in [-0.1, -0.05) is 24.0 Å². The number of aryl methyl sites for hydroxylation is 1. The van der Waals surface area contributed by atoms with Gasteiger partial charge in [0.1, 0.15) is 16.9 Å². The molecule has 0 saturated carbocycles. The van der Waals surface area contributed by atoms with Crippen LogP contribution in [0.15, 0.2) is 30.5 Å². The van der Waals surface area contributed by atoms with Crippen molar-refractivity contribution in [3.05, 3.63) is 41.9 Å². The third-order valence-corrected chi connectivity index (χ3v) is 4.62. The average Bonchev–Trinajstić information content (AvgIpc) is 2.94. The highest BCUT2D eigenvalue weighted by molar-refractivity contribution is 5.90. The van der Waals surface area contributed by atoms with Crippen LogP contribution in [0.5, 0.6) is 0 Å². The molecular formula is C20H18N6O2. The fraction of sp³-hybridized carbons (Fsp3) is 0.250. The number of benzene rings is 1. The van der Waals surface area contributed by atoms with Gasteiger partial charge in [-0.3, -0.25) is 4.79 Å². The lowest BCUT2D eigenvalue weighted by atomic mass is 10.0. The summed E-state index contributed by atoms with van der Waals surface area (Å²) < 4.78 is 0. The van der Waals surface area contributed by atoms with Gasteiger partial charge in [0.2, 0.25) is 5.60 Å². The molecule has 140 valence electrons. The van der Waals surface area contributed by atoms with E-state index in [2.05, 4.69) is 31.8 Å². The van der Waals surface area contributed by atoms with Gasteiger partial charge in [0.25, 0.3) is 5.91 Å². The number of nitrogens with zero attached hydrogens (tertiary/aromatic N) is 5. The Morgan fingerprint density at radius 2 is 2.11 bits per heavy atom. The molecule has 3 heterocycles. The molecule has 3 aromatic rings. The van der Waals surface area contributed by atoms with E-state index in [1.54, 1.807) is 32.3 Å². The Morgan fingerprint density at radius 1 is 1.29 bits per heavy atom. The summed E-state index contributed by atoms with van der Waals surface area (Å²) in [6, 6.07) is 7.26. The maximum absolute atomic E-state index is 12.0. The molecule has 8 nitrogen and oxygen atoms in total. The van der Waals surface area contributed by atoms with Crippen molar-refractivity contribution >= 4 is 22.8 Å². The van der Waals surface area contributed by atoms with E-state index in [-0.39, 0.29) is 5.91 Å². The van der Waals surface area contributed by atoms with Crippen molar-refractivity contribution in [2.75, 3.05) is 19.3 Å². The Hall–Kier alpha value is -3.57. The summed E-state index contributed by atoms with van der Waals surface area (Å²) in [5, 5.41) is 10.4. The summed E-state index contributed by atoms with van der Waals surface area (Å²) in [4.78, 5) is 30.8. The lowest BCUT2D eigenvalue weighted by Crippen LogP contribution is -2.37. The van der Waals surface area contributed by atoms with E-state index in [9.17, 15) is 9.90 Å². The van der Waals surface area contributed by atoms with Gasteiger partial charge in [-0.05, 0) is 19.1 Å². The number of aromatic nitrogens is 4. The van der Waals surface area contributed by atoms with Gasteiger partial charge in [0.05, 0.1) is 6.20 Å². The Kier molecular flexibility index (Phi) is 4.17. The number of likely N-dealkylation sites (N-methyl/N-ethyl adjacent to an activating group) is 1. The van der Waals surface area contributed by atoms with E-state index in [0.29, 0.717) is 47.0 Å². The maximum Gasteiger partial charge on any atom is 0.267 e. The van der Waals surface area contributed by atoms with Crippen LogP contribution in [0.25, 0.3) is 22.4 Å². The van der Waals surface area contributed by atoms with E-state index in [4.69, 9.17) is 5.73 Å². The first-order valence-electron chi connectivity index (χ1n) is 8.74. The van der Waals surface area contributed by atoms with Crippen LogP contribution in [-0.4, -0.2) is 55.0 Å². The largest absolute Gasteiger partial charge is 0.382 e. The van der Waals surface area contributed by atoms with Crippen LogP contribution >= 0.6 is 0 Å². The molecule has 0 spiro atoms. The van der Waals surface area contributed by atoms with E-state index in [1.165, 1.54) is 4.90 Å². The first-order chi connectivity index (χ1) is 13.4. The Morgan fingerprint density at radius 3 is 2.86 bits per heavy atom. The fourth-order valence-electron chi connectivity index (χ4n) is 3.09. The molecule has 0 radical (unpaired) electrons. The van der Waals surface area contributed by atoms with Crippen LogP contribution in [0, 0.1) is 18.8 Å². The van der Waals surface area contributed by atoms with E-state index >= 15 is 0 Å². The number of hydrogen-bond donors (Lipinski definition) is 2. The second-order valence-electron chi connectivity index (χ2n) is 6.75. The lowest BCUT2D eigenvalue weighted by molar-refractivity contribution is -0.137. The zero-order valence-corrected chi connectivity index (χ0v) is 15.5. The summed E-state index contributed by atoms with van der Waals surface area (Å²) >= 11 is 0. The van der Waals surface area contributed by atoms with Crippen LogP contribution in [0.4, 0.5) is 5.82 Å². The lowest BCUT2D eigenvalue weighted by Gasteiger charge is -2.13. The molecule has 1 aliphatic heterocycles. The van der Waals surface area contributed by atoms with Crippen LogP contribution in [-0.2, 0) is 4.79 Å². The SMILES string of the molecule is Cc1nc(N)c2nc(-c3cccc(C#CC4(O)CCN(C)C4=O)c3)ncc2n1. The second-order valence-corrected chi connectivity index (χ2v) is 6.75. The van der Waals surface area contributed by atoms with Crippen molar-refractivity contribution in [3.63, 3.8) is 0 Å². The molecule has 28 heavy (non-hydrogen) atoms. The molecule has 1 fully saturated rings. The highest BCUT2D eigenvalue weighted by atomic mass is 16.3. The number of likely N-dealkylation sites (tertiary alicyclic amines) is 1.